The quantitative estimate of drug-likeness (QED) is 0.691. The fraction of sp³-hybridized carbons (Fsp3) is 0.708. The number of likely N-dealkylation sites (tertiary alicyclic amines) is 1. The molecule has 0 radical (unpaired) electrons. The summed E-state index contributed by atoms with van der Waals surface area (Å²) < 4.78 is 0. The Morgan fingerprint density at radius 2 is 1.67 bits per heavy atom. The van der Waals surface area contributed by atoms with E-state index in [1.807, 2.05) is 12.4 Å². The molecule has 0 N–H and O–H groups in total. The number of carbonyl (C=O) groups excluding carboxylic acids is 1. The maximum absolute atomic E-state index is 12.3. The topological polar surface area (TPSA) is 52.6 Å². The van der Waals surface area contributed by atoms with Crippen molar-refractivity contribution in [3.63, 3.8) is 0 Å². The summed E-state index contributed by atoms with van der Waals surface area (Å²) >= 11 is 0. The molecule has 2 saturated heterocycles. The van der Waals surface area contributed by atoms with E-state index >= 15 is 0 Å². The van der Waals surface area contributed by atoms with Crippen LogP contribution in [-0.2, 0) is 4.79 Å². The highest BCUT2D eigenvalue weighted by Gasteiger charge is 2.55. The summed E-state index contributed by atoms with van der Waals surface area (Å²) in [5, 5.41) is 0. The van der Waals surface area contributed by atoms with Gasteiger partial charge >= 0.3 is 0 Å². The average molecular weight is 414 g/mol. The highest BCUT2D eigenvalue weighted by Crippen LogP contribution is 2.50. The molecule has 2 aliphatic heterocycles. The summed E-state index contributed by atoms with van der Waals surface area (Å²) in [6, 6.07) is 0.711. The van der Waals surface area contributed by atoms with Gasteiger partial charge in [-0.25, -0.2) is 9.97 Å². The van der Waals surface area contributed by atoms with E-state index in [4.69, 9.17) is 0 Å². The predicted octanol–water partition coefficient (Wildman–Crippen LogP) is 3.56. The summed E-state index contributed by atoms with van der Waals surface area (Å²) in [6.07, 6.45) is 7.44. The molecule has 3 fully saturated rings. The molecular formula is C24H39N5O. The Kier molecular flexibility index (Phi) is 7.17. The Morgan fingerprint density at radius 1 is 1.10 bits per heavy atom. The van der Waals surface area contributed by atoms with Crippen LogP contribution in [0.1, 0.15) is 58.7 Å². The highest BCUT2D eigenvalue weighted by atomic mass is 16.2. The first-order valence-corrected chi connectivity index (χ1v) is 11.5. The van der Waals surface area contributed by atoms with Crippen LogP contribution in [0, 0.1) is 11.3 Å². The molecule has 1 saturated carbocycles. The van der Waals surface area contributed by atoms with Crippen molar-refractivity contribution in [1.29, 1.82) is 0 Å². The van der Waals surface area contributed by atoms with Gasteiger partial charge in [0.05, 0.1) is 18.1 Å². The van der Waals surface area contributed by atoms with Crippen LogP contribution in [0.15, 0.2) is 25.6 Å². The van der Waals surface area contributed by atoms with Crippen LogP contribution in [0.2, 0.25) is 0 Å². The predicted molar refractivity (Wildman–Crippen MR) is 123 cm³/mol. The number of rotatable bonds is 5. The van der Waals surface area contributed by atoms with Gasteiger partial charge in [0.1, 0.15) is 5.82 Å². The molecule has 6 heteroatoms. The Bertz CT molecular complexity index is 697. The van der Waals surface area contributed by atoms with Crippen LogP contribution in [0.4, 0.5) is 5.69 Å². The zero-order valence-electron chi connectivity index (χ0n) is 19.3. The van der Waals surface area contributed by atoms with Crippen LogP contribution in [0.5, 0.6) is 0 Å². The summed E-state index contributed by atoms with van der Waals surface area (Å²) in [4.78, 5) is 28.5. The number of hydrogen-bond acceptors (Lipinski definition) is 5. The van der Waals surface area contributed by atoms with Gasteiger partial charge in [-0.15, -0.1) is 13.2 Å². The molecule has 0 aromatic carbocycles. The molecule has 4 rings (SSSR count). The highest BCUT2D eigenvalue weighted by molar-refractivity contribution is 5.79. The fourth-order valence-electron chi connectivity index (χ4n) is 5.00. The van der Waals surface area contributed by atoms with Gasteiger partial charge in [-0.05, 0) is 19.3 Å². The lowest BCUT2D eigenvalue weighted by molar-refractivity contribution is -0.161. The molecule has 6 nitrogen and oxygen atoms in total. The second kappa shape index (κ2) is 9.46. The van der Waals surface area contributed by atoms with Crippen molar-refractivity contribution in [2.75, 3.05) is 44.2 Å². The zero-order valence-corrected chi connectivity index (χ0v) is 19.3. The van der Waals surface area contributed by atoms with Gasteiger partial charge in [0.15, 0.2) is 0 Å². The van der Waals surface area contributed by atoms with E-state index in [1.54, 1.807) is 0 Å². The average Bonchev–Trinajstić information content (AvgIpc) is 2.73. The molecule has 1 atom stereocenters. The van der Waals surface area contributed by atoms with Crippen molar-refractivity contribution in [1.82, 2.24) is 19.8 Å². The summed E-state index contributed by atoms with van der Waals surface area (Å²) in [7, 11) is 0. The van der Waals surface area contributed by atoms with E-state index in [0.29, 0.717) is 23.3 Å². The lowest BCUT2D eigenvalue weighted by Gasteiger charge is -2.62. The largest absolute Gasteiger partial charge is 0.366 e. The molecule has 0 bridgehead atoms. The SMILES string of the molecule is C=C.CCC(C)C(=O)N1CC2(CC(N3CCN(c4cnc(C(C)C)nc4)CC3)C2)C1. The van der Waals surface area contributed by atoms with Crippen LogP contribution in [-0.4, -0.2) is 71.0 Å². The number of piperazine rings is 1. The van der Waals surface area contributed by atoms with E-state index in [-0.39, 0.29) is 5.92 Å². The first kappa shape index (κ1) is 22.7. The van der Waals surface area contributed by atoms with Crippen LogP contribution in [0.3, 0.4) is 0 Å². The lowest BCUT2D eigenvalue weighted by Crippen LogP contribution is -2.69. The summed E-state index contributed by atoms with van der Waals surface area (Å²) in [6.45, 7) is 20.7. The molecule has 1 aromatic rings. The van der Waals surface area contributed by atoms with E-state index in [2.05, 4.69) is 65.5 Å². The van der Waals surface area contributed by atoms with Crippen molar-refractivity contribution in [3.8, 4) is 0 Å². The summed E-state index contributed by atoms with van der Waals surface area (Å²) in [5.74, 6) is 1.83. The van der Waals surface area contributed by atoms with Gasteiger partial charge in [-0.3, -0.25) is 9.69 Å². The zero-order chi connectivity index (χ0) is 21.9. The van der Waals surface area contributed by atoms with Crippen molar-refractivity contribution < 1.29 is 4.79 Å². The number of hydrogen-bond donors (Lipinski definition) is 0. The normalized spacial score (nSPS) is 22.2. The molecule has 1 unspecified atom stereocenters. The first-order chi connectivity index (χ1) is 14.4. The Hall–Kier alpha value is -1.95. The smallest absolute Gasteiger partial charge is 0.225 e. The van der Waals surface area contributed by atoms with E-state index < -0.39 is 0 Å². The van der Waals surface area contributed by atoms with Gasteiger partial charge < -0.3 is 9.80 Å². The minimum absolute atomic E-state index is 0.180. The number of aromatic nitrogens is 2. The number of carbonyl (C=O) groups is 1. The third kappa shape index (κ3) is 4.53. The molecule has 1 amide bonds. The second-order valence-corrected chi connectivity index (χ2v) is 9.54. The van der Waals surface area contributed by atoms with E-state index in [9.17, 15) is 4.79 Å². The van der Waals surface area contributed by atoms with Crippen molar-refractivity contribution in [2.24, 2.45) is 11.3 Å². The Morgan fingerprint density at radius 3 is 2.17 bits per heavy atom. The Labute approximate surface area is 182 Å². The van der Waals surface area contributed by atoms with Gasteiger partial charge in [-0.1, -0.05) is 27.7 Å². The monoisotopic (exact) mass is 413 g/mol. The van der Waals surface area contributed by atoms with Gasteiger partial charge in [0.2, 0.25) is 5.91 Å². The molecule has 3 heterocycles. The molecule has 1 spiro atoms. The Balaban J connectivity index is 0.00000124. The molecule has 1 aliphatic carbocycles. The molecule has 1 aromatic heterocycles. The van der Waals surface area contributed by atoms with Gasteiger partial charge in [-0.2, -0.15) is 0 Å². The fourth-order valence-corrected chi connectivity index (χ4v) is 5.00. The third-order valence-electron chi connectivity index (χ3n) is 7.11. The lowest BCUT2D eigenvalue weighted by atomic mass is 9.60. The van der Waals surface area contributed by atoms with Gasteiger partial charge in [0, 0.05) is 62.6 Å². The number of nitrogens with zero attached hydrogens (tertiary/aromatic N) is 5. The van der Waals surface area contributed by atoms with E-state index in [1.165, 1.54) is 12.8 Å². The minimum atomic E-state index is 0.180. The van der Waals surface area contributed by atoms with Crippen molar-refractivity contribution in [2.45, 2.75) is 58.9 Å². The first-order valence-electron chi connectivity index (χ1n) is 11.5. The molecule has 3 aliphatic rings. The van der Waals surface area contributed by atoms with Crippen molar-refractivity contribution >= 4 is 11.6 Å². The van der Waals surface area contributed by atoms with Crippen molar-refractivity contribution in [3.05, 3.63) is 31.4 Å². The molecular weight excluding hydrogens is 374 g/mol. The van der Waals surface area contributed by atoms with E-state index in [0.717, 1.165) is 57.2 Å². The van der Waals surface area contributed by atoms with Gasteiger partial charge in [0.25, 0.3) is 0 Å². The maximum Gasteiger partial charge on any atom is 0.225 e. The second-order valence-electron chi connectivity index (χ2n) is 9.54. The maximum atomic E-state index is 12.3. The summed E-state index contributed by atoms with van der Waals surface area (Å²) in [5.41, 5.74) is 1.58. The van der Waals surface area contributed by atoms with Crippen LogP contribution >= 0.6 is 0 Å². The number of anilines is 1. The third-order valence-corrected chi connectivity index (χ3v) is 7.11. The minimum Gasteiger partial charge on any atom is -0.366 e. The standard InChI is InChI=1S/C22H35N5O.C2H4/c1-5-17(4)21(28)27-14-22(15-27)10-18(11-22)25-6-8-26(9-7-25)19-12-23-20(16(2)3)24-13-19;1-2/h12-13,16-18H,5-11,14-15H2,1-4H3;1-2H2. The van der Waals surface area contributed by atoms with Crippen LogP contribution < -0.4 is 4.90 Å². The number of amides is 1. The molecule has 30 heavy (non-hydrogen) atoms. The van der Waals surface area contributed by atoms with Crippen LogP contribution in [0.25, 0.3) is 0 Å². The molecule has 166 valence electrons.